The first-order chi connectivity index (χ1) is 7.22. The molecule has 1 aliphatic carbocycles. The molecular formula is C11H13NO3. The Hall–Kier alpha value is -1.42. The highest BCUT2D eigenvalue weighted by Gasteiger charge is 2.46. The third-order valence-electron chi connectivity index (χ3n) is 3.23. The van der Waals surface area contributed by atoms with Gasteiger partial charge in [0.25, 0.3) is 0 Å². The van der Waals surface area contributed by atoms with Crippen LogP contribution in [-0.2, 0) is 24.1 Å². The zero-order valence-corrected chi connectivity index (χ0v) is 8.31. The van der Waals surface area contributed by atoms with E-state index in [0.717, 1.165) is 11.1 Å². The molecule has 2 heterocycles. The molecular weight excluding hydrogens is 194 g/mol. The van der Waals surface area contributed by atoms with Crippen molar-refractivity contribution in [1.29, 1.82) is 0 Å². The van der Waals surface area contributed by atoms with Gasteiger partial charge in [0.05, 0.1) is 12.2 Å². The predicted molar refractivity (Wildman–Crippen MR) is 54.0 cm³/mol. The van der Waals surface area contributed by atoms with E-state index in [4.69, 9.17) is 4.74 Å². The molecule has 2 atom stereocenters. The van der Waals surface area contributed by atoms with Gasteiger partial charge in [0.1, 0.15) is 0 Å². The molecule has 4 heteroatoms. The summed E-state index contributed by atoms with van der Waals surface area (Å²) < 4.78 is 6.87. The highest BCUT2D eigenvalue weighted by Crippen LogP contribution is 2.44. The Labute approximate surface area is 87.4 Å². The summed E-state index contributed by atoms with van der Waals surface area (Å²) in [4.78, 5) is 0. The van der Waals surface area contributed by atoms with E-state index in [1.165, 1.54) is 4.57 Å². The van der Waals surface area contributed by atoms with E-state index in [9.17, 15) is 10.2 Å². The second-order valence-electron chi connectivity index (χ2n) is 4.12. The fourth-order valence-electron chi connectivity index (χ4n) is 2.37. The smallest absolute Gasteiger partial charge is 0.197 e. The Kier molecular flexibility index (Phi) is 1.65. The van der Waals surface area contributed by atoms with E-state index in [0.29, 0.717) is 19.4 Å². The van der Waals surface area contributed by atoms with Gasteiger partial charge < -0.3 is 14.9 Å². The molecule has 0 radical (unpaired) electrons. The van der Waals surface area contributed by atoms with Gasteiger partial charge in [-0.05, 0) is 0 Å². The van der Waals surface area contributed by atoms with Gasteiger partial charge in [0.15, 0.2) is 11.8 Å². The molecule has 3 rings (SSSR count). The maximum Gasteiger partial charge on any atom is 0.197 e. The Balaban J connectivity index is 2.09. The van der Waals surface area contributed by atoms with Crippen molar-refractivity contribution in [3.05, 3.63) is 23.8 Å². The molecule has 2 unspecified atom stereocenters. The SMILES string of the molecule is C=CCn1c(O)c2c(c1O)CC1OC1C2. The van der Waals surface area contributed by atoms with Crippen molar-refractivity contribution < 1.29 is 14.9 Å². The summed E-state index contributed by atoms with van der Waals surface area (Å²) in [6, 6.07) is 0. The van der Waals surface area contributed by atoms with Crippen molar-refractivity contribution in [2.75, 3.05) is 0 Å². The number of aromatic hydroxyl groups is 2. The van der Waals surface area contributed by atoms with Crippen LogP contribution in [-0.4, -0.2) is 27.0 Å². The van der Waals surface area contributed by atoms with Gasteiger partial charge in [-0.15, -0.1) is 6.58 Å². The summed E-state index contributed by atoms with van der Waals surface area (Å²) in [5.41, 5.74) is 1.68. The van der Waals surface area contributed by atoms with Crippen LogP contribution in [0.4, 0.5) is 0 Å². The normalized spacial score (nSPS) is 26.9. The lowest BCUT2D eigenvalue weighted by Gasteiger charge is -2.05. The van der Waals surface area contributed by atoms with Gasteiger partial charge in [-0.2, -0.15) is 0 Å². The minimum atomic E-state index is 0.163. The Morgan fingerprint density at radius 2 is 1.80 bits per heavy atom. The van der Waals surface area contributed by atoms with Crippen LogP contribution in [0.5, 0.6) is 11.8 Å². The second kappa shape index (κ2) is 2.79. The minimum absolute atomic E-state index is 0.163. The quantitative estimate of drug-likeness (QED) is 0.560. The van der Waals surface area contributed by atoms with E-state index in [2.05, 4.69) is 6.58 Å². The number of fused-ring (bicyclic) bond motifs is 2. The summed E-state index contributed by atoms with van der Waals surface area (Å²) in [5, 5.41) is 19.8. The van der Waals surface area contributed by atoms with E-state index >= 15 is 0 Å². The van der Waals surface area contributed by atoms with E-state index in [1.807, 2.05) is 0 Å². The van der Waals surface area contributed by atoms with E-state index in [1.54, 1.807) is 6.08 Å². The van der Waals surface area contributed by atoms with Crippen LogP contribution in [0.1, 0.15) is 11.1 Å². The molecule has 1 aromatic heterocycles. The van der Waals surface area contributed by atoms with Crippen LogP contribution in [0.15, 0.2) is 12.7 Å². The number of rotatable bonds is 2. The molecule has 1 aromatic rings. The zero-order valence-electron chi connectivity index (χ0n) is 8.31. The average molecular weight is 207 g/mol. The topological polar surface area (TPSA) is 57.9 Å². The molecule has 2 aliphatic rings. The third kappa shape index (κ3) is 1.11. The first kappa shape index (κ1) is 8.85. The zero-order chi connectivity index (χ0) is 10.6. The number of aromatic nitrogens is 1. The highest BCUT2D eigenvalue weighted by atomic mass is 16.6. The Morgan fingerprint density at radius 3 is 2.27 bits per heavy atom. The van der Waals surface area contributed by atoms with Crippen molar-refractivity contribution in [2.24, 2.45) is 0 Å². The number of ether oxygens (including phenoxy) is 1. The summed E-state index contributed by atoms with van der Waals surface area (Å²) in [7, 11) is 0. The van der Waals surface area contributed by atoms with Gasteiger partial charge in [-0.1, -0.05) is 6.08 Å². The van der Waals surface area contributed by atoms with Crippen molar-refractivity contribution >= 4 is 0 Å². The van der Waals surface area contributed by atoms with E-state index < -0.39 is 0 Å². The lowest BCUT2D eigenvalue weighted by Crippen LogP contribution is -2.09. The molecule has 15 heavy (non-hydrogen) atoms. The largest absolute Gasteiger partial charge is 0.494 e. The van der Waals surface area contributed by atoms with Gasteiger partial charge in [0, 0.05) is 30.5 Å². The van der Waals surface area contributed by atoms with Crippen molar-refractivity contribution in [3.8, 4) is 11.8 Å². The maximum atomic E-state index is 9.92. The van der Waals surface area contributed by atoms with Crippen LogP contribution in [0.3, 0.4) is 0 Å². The number of epoxide rings is 1. The molecule has 4 nitrogen and oxygen atoms in total. The number of hydrogen-bond donors (Lipinski definition) is 2. The summed E-state index contributed by atoms with van der Waals surface area (Å²) in [5.74, 6) is 0.327. The lowest BCUT2D eigenvalue weighted by molar-refractivity contribution is 0.357. The first-order valence-electron chi connectivity index (χ1n) is 5.11. The molecule has 0 bridgehead atoms. The predicted octanol–water partition coefficient (Wildman–Crippen LogP) is 0.951. The number of hydrogen-bond acceptors (Lipinski definition) is 3. The first-order valence-corrected chi connectivity index (χ1v) is 5.11. The van der Waals surface area contributed by atoms with Gasteiger partial charge in [0.2, 0.25) is 0 Å². The molecule has 0 saturated carbocycles. The maximum absolute atomic E-state index is 9.92. The second-order valence-corrected chi connectivity index (χ2v) is 4.12. The lowest BCUT2D eigenvalue weighted by atomic mass is 9.95. The highest BCUT2D eigenvalue weighted by molar-refractivity contribution is 5.49. The van der Waals surface area contributed by atoms with Gasteiger partial charge >= 0.3 is 0 Å². The fourth-order valence-corrected chi connectivity index (χ4v) is 2.37. The van der Waals surface area contributed by atoms with Crippen molar-refractivity contribution in [1.82, 2.24) is 4.57 Å². The average Bonchev–Trinajstić information content (AvgIpc) is 2.95. The molecule has 0 aromatic carbocycles. The van der Waals surface area contributed by atoms with Crippen molar-refractivity contribution in [3.63, 3.8) is 0 Å². The summed E-state index contributed by atoms with van der Waals surface area (Å²) in [6.45, 7) is 4.03. The molecule has 1 aliphatic heterocycles. The standard InChI is InChI=1S/C11H13NO3/c1-2-3-12-10(13)6-4-8-9(15-8)5-7(6)11(12)14/h2,8-9,13-14H,1,3-5H2. The van der Waals surface area contributed by atoms with Gasteiger partial charge in [-0.3, -0.25) is 4.57 Å². The van der Waals surface area contributed by atoms with Crippen LogP contribution in [0.25, 0.3) is 0 Å². The molecule has 1 fully saturated rings. The Bertz CT molecular complexity index is 402. The summed E-state index contributed by atoms with van der Waals surface area (Å²) >= 11 is 0. The monoisotopic (exact) mass is 207 g/mol. The summed E-state index contributed by atoms with van der Waals surface area (Å²) in [6.07, 6.45) is 3.58. The molecule has 0 amide bonds. The fraction of sp³-hybridized carbons (Fsp3) is 0.455. The molecule has 80 valence electrons. The van der Waals surface area contributed by atoms with Crippen molar-refractivity contribution in [2.45, 2.75) is 31.6 Å². The molecule has 0 spiro atoms. The van der Waals surface area contributed by atoms with Gasteiger partial charge in [-0.25, -0.2) is 0 Å². The number of allylic oxidation sites excluding steroid dienone is 1. The molecule has 2 N–H and O–H groups in total. The van der Waals surface area contributed by atoms with Crippen LogP contribution in [0.2, 0.25) is 0 Å². The molecule has 1 saturated heterocycles. The number of nitrogens with zero attached hydrogens (tertiary/aromatic N) is 1. The van der Waals surface area contributed by atoms with Crippen LogP contribution >= 0.6 is 0 Å². The van der Waals surface area contributed by atoms with E-state index in [-0.39, 0.29) is 24.0 Å². The van der Waals surface area contributed by atoms with Crippen LogP contribution in [0, 0.1) is 0 Å². The minimum Gasteiger partial charge on any atom is -0.494 e. The van der Waals surface area contributed by atoms with Crippen LogP contribution < -0.4 is 0 Å². The Morgan fingerprint density at radius 1 is 1.27 bits per heavy atom. The third-order valence-corrected chi connectivity index (χ3v) is 3.23.